The number of aromatic nitrogens is 1. The largest absolute Gasteiger partial charge is 0.573 e. The van der Waals surface area contributed by atoms with E-state index in [1.165, 1.54) is 47.9 Å². The lowest BCUT2D eigenvalue weighted by Crippen LogP contribution is -2.37. The Bertz CT molecular complexity index is 1510. The van der Waals surface area contributed by atoms with Gasteiger partial charge in [0.2, 0.25) is 0 Å². The second-order valence-electron chi connectivity index (χ2n) is 8.08. The monoisotopic (exact) mass is 534 g/mol. The number of benzene rings is 3. The highest BCUT2D eigenvalue weighted by atomic mass is 35.5. The van der Waals surface area contributed by atoms with Crippen molar-refractivity contribution in [2.45, 2.75) is 26.3 Å². The van der Waals surface area contributed by atoms with Crippen molar-refractivity contribution < 1.29 is 41.7 Å². The highest BCUT2D eigenvalue weighted by molar-refractivity contribution is 6.30. The fourth-order valence-corrected chi connectivity index (χ4v) is 4.08. The molecule has 0 bridgehead atoms. The smallest absolute Gasteiger partial charge is 0.546 e. The van der Waals surface area contributed by atoms with Gasteiger partial charge in [0, 0.05) is 39.9 Å². The van der Waals surface area contributed by atoms with E-state index in [9.17, 15) is 32.3 Å². The molecule has 0 amide bonds. The lowest BCUT2D eigenvalue weighted by atomic mass is 10.0. The Labute approximate surface area is 212 Å². The first-order valence-corrected chi connectivity index (χ1v) is 11.1. The molecule has 1 aromatic heterocycles. The number of carbonyl (C=O) groups excluding carboxylic acids is 2. The van der Waals surface area contributed by atoms with Crippen LogP contribution in [0.1, 0.15) is 28.5 Å². The van der Waals surface area contributed by atoms with Gasteiger partial charge in [0.1, 0.15) is 23.4 Å². The van der Waals surface area contributed by atoms with E-state index in [2.05, 4.69) is 4.74 Å². The fraction of sp³-hybridized carbons (Fsp3) is 0.154. The third-order valence-corrected chi connectivity index (χ3v) is 5.75. The van der Waals surface area contributed by atoms with Gasteiger partial charge in [0.25, 0.3) is 0 Å². The maximum Gasteiger partial charge on any atom is 0.573 e. The van der Waals surface area contributed by atoms with E-state index in [0.29, 0.717) is 5.02 Å². The van der Waals surface area contributed by atoms with E-state index < -0.39 is 35.8 Å². The number of carboxylic acids is 1. The molecule has 1 atom stereocenters. The van der Waals surface area contributed by atoms with Crippen LogP contribution in [0.3, 0.4) is 0 Å². The van der Waals surface area contributed by atoms with Crippen LogP contribution in [0.2, 0.25) is 5.02 Å². The van der Waals surface area contributed by atoms with Crippen LogP contribution in [0.5, 0.6) is 11.5 Å². The van der Waals surface area contributed by atoms with Gasteiger partial charge in [-0.2, -0.15) is 0 Å². The summed E-state index contributed by atoms with van der Waals surface area (Å²) in [6, 6.07) is 12.8. The number of aliphatic carboxylic acids is 1. The molecular weight excluding hydrogens is 518 g/mol. The predicted octanol–water partition coefficient (Wildman–Crippen LogP) is 5.38. The quantitative estimate of drug-likeness (QED) is 0.235. The first-order valence-electron chi connectivity index (χ1n) is 10.7. The Balaban J connectivity index is 1.95. The molecule has 4 rings (SSSR count). The number of halogens is 5. The minimum absolute atomic E-state index is 0.0716. The number of rotatable bonds is 7. The number of carbonyl (C=O) groups is 2. The zero-order chi connectivity index (χ0) is 27.1. The predicted molar refractivity (Wildman–Crippen MR) is 125 cm³/mol. The molecular formula is C26H17ClF4NO5-. The van der Waals surface area contributed by atoms with Gasteiger partial charge in [-0.05, 0) is 56.3 Å². The number of hydrogen-bond acceptors (Lipinski definition) is 5. The molecule has 3 aromatic carbocycles. The third kappa shape index (κ3) is 5.54. The number of hydrogen-bond donors (Lipinski definition) is 0. The number of ether oxygens (including phenoxy) is 2. The van der Waals surface area contributed by atoms with Crippen molar-refractivity contribution in [2.75, 3.05) is 0 Å². The Morgan fingerprint density at radius 3 is 2.30 bits per heavy atom. The molecule has 192 valence electrons. The van der Waals surface area contributed by atoms with Gasteiger partial charge in [-0.3, -0.25) is 4.79 Å². The second kappa shape index (κ2) is 9.78. The maximum absolute atomic E-state index is 14.6. The molecule has 0 N–H and O–H groups in total. The zero-order valence-corrected chi connectivity index (χ0v) is 20.0. The lowest BCUT2D eigenvalue weighted by Gasteiger charge is -2.17. The molecule has 0 radical (unpaired) electrons. The van der Waals surface area contributed by atoms with Gasteiger partial charge in [0.05, 0.1) is 22.7 Å². The van der Waals surface area contributed by atoms with Crippen molar-refractivity contribution in [3.8, 4) is 17.2 Å². The van der Waals surface area contributed by atoms with Crippen LogP contribution in [0, 0.1) is 12.7 Å². The molecule has 0 unspecified atom stereocenters. The first-order chi connectivity index (χ1) is 17.3. The van der Waals surface area contributed by atoms with Gasteiger partial charge in [-0.25, -0.2) is 4.39 Å². The Hall–Kier alpha value is -4.05. The Morgan fingerprint density at radius 2 is 1.68 bits per heavy atom. The van der Waals surface area contributed by atoms with Gasteiger partial charge >= 0.3 is 6.36 Å². The van der Waals surface area contributed by atoms with Crippen LogP contribution in [0.25, 0.3) is 16.6 Å². The molecule has 0 aliphatic rings. The van der Waals surface area contributed by atoms with E-state index in [1.54, 1.807) is 6.92 Å². The maximum atomic E-state index is 14.6. The molecule has 0 aliphatic heterocycles. The highest BCUT2D eigenvalue weighted by Crippen LogP contribution is 2.36. The number of fused-ring (bicyclic) bond motifs is 1. The van der Waals surface area contributed by atoms with Crippen LogP contribution >= 0.6 is 11.6 Å². The van der Waals surface area contributed by atoms with Crippen LogP contribution in [-0.4, -0.2) is 28.8 Å². The first kappa shape index (κ1) is 26.0. The van der Waals surface area contributed by atoms with Crippen LogP contribution < -0.4 is 14.6 Å². The Kier molecular flexibility index (Phi) is 6.88. The van der Waals surface area contributed by atoms with E-state index in [-0.39, 0.29) is 39.2 Å². The van der Waals surface area contributed by atoms with Crippen LogP contribution in [-0.2, 0) is 4.79 Å². The summed E-state index contributed by atoms with van der Waals surface area (Å²) in [5.74, 6) is -3.50. The SMILES string of the molecule is Cc1c(C(=O)c2ccc(Cl)cc2)c2ccc(OC(F)(F)F)cc2n1-c1cc(F)cc(O[C@@H](C)C(=O)[O-])c1. The van der Waals surface area contributed by atoms with Gasteiger partial charge < -0.3 is 23.9 Å². The molecule has 37 heavy (non-hydrogen) atoms. The summed E-state index contributed by atoms with van der Waals surface area (Å²) in [4.78, 5) is 24.5. The summed E-state index contributed by atoms with van der Waals surface area (Å²) < 4.78 is 63.9. The van der Waals surface area contributed by atoms with Crippen molar-refractivity contribution >= 4 is 34.3 Å². The van der Waals surface area contributed by atoms with Gasteiger partial charge in [-0.1, -0.05) is 11.6 Å². The minimum atomic E-state index is -4.97. The summed E-state index contributed by atoms with van der Waals surface area (Å²) in [7, 11) is 0. The summed E-state index contributed by atoms with van der Waals surface area (Å²) in [5, 5.41) is 11.8. The average Bonchev–Trinajstić information content (AvgIpc) is 3.08. The van der Waals surface area contributed by atoms with E-state index in [4.69, 9.17) is 16.3 Å². The molecule has 0 saturated carbocycles. The molecule has 11 heteroatoms. The standard InChI is InChI=1S/C26H18ClF4NO5/c1-13-23(24(33)15-3-5-16(27)6-4-15)21-8-7-19(37-26(29,30)31)12-22(21)32(13)18-9-17(28)10-20(11-18)36-14(2)25(34)35/h3-12,14H,1-2H3,(H,34,35)/p-1/t14-/m0/s1. The fourth-order valence-electron chi connectivity index (χ4n) is 3.95. The average molecular weight is 535 g/mol. The van der Waals surface area contributed by atoms with E-state index in [0.717, 1.165) is 24.3 Å². The second-order valence-corrected chi connectivity index (χ2v) is 8.52. The topological polar surface area (TPSA) is 80.6 Å². The highest BCUT2D eigenvalue weighted by Gasteiger charge is 2.32. The molecule has 1 heterocycles. The Morgan fingerprint density at radius 1 is 1.00 bits per heavy atom. The normalized spacial score (nSPS) is 12.4. The van der Waals surface area contributed by atoms with E-state index >= 15 is 0 Å². The number of nitrogens with zero attached hydrogens (tertiary/aromatic N) is 1. The van der Waals surface area contributed by atoms with Crippen LogP contribution in [0.4, 0.5) is 17.6 Å². The summed E-state index contributed by atoms with van der Waals surface area (Å²) in [5.41, 5.74) is 0.894. The lowest BCUT2D eigenvalue weighted by molar-refractivity contribution is -0.312. The molecule has 0 aliphatic carbocycles. The minimum Gasteiger partial charge on any atom is -0.546 e. The van der Waals surface area contributed by atoms with Crippen molar-refractivity contribution in [1.82, 2.24) is 4.57 Å². The number of alkyl halides is 3. The molecule has 0 fully saturated rings. The van der Waals surface area contributed by atoms with Gasteiger partial charge in [-0.15, -0.1) is 13.2 Å². The van der Waals surface area contributed by atoms with E-state index in [1.807, 2.05) is 0 Å². The van der Waals surface area contributed by atoms with Crippen molar-refractivity contribution in [1.29, 1.82) is 0 Å². The molecule has 0 spiro atoms. The molecule has 0 saturated heterocycles. The third-order valence-electron chi connectivity index (χ3n) is 5.50. The van der Waals surface area contributed by atoms with Crippen molar-refractivity contribution in [2.24, 2.45) is 0 Å². The zero-order valence-electron chi connectivity index (χ0n) is 19.2. The van der Waals surface area contributed by atoms with Crippen LogP contribution in [0.15, 0.2) is 60.7 Å². The number of ketones is 1. The summed E-state index contributed by atoms with van der Waals surface area (Å²) in [6.45, 7) is 2.74. The van der Waals surface area contributed by atoms with Crippen molar-refractivity contribution in [3.05, 3.63) is 88.3 Å². The summed E-state index contributed by atoms with van der Waals surface area (Å²) >= 11 is 5.92. The molecule has 6 nitrogen and oxygen atoms in total. The van der Waals surface area contributed by atoms with Crippen molar-refractivity contribution in [3.63, 3.8) is 0 Å². The van der Waals surface area contributed by atoms with Gasteiger partial charge in [0.15, 0.2) is 5.78 Å². The summed E-state index contributed by atoms with van der Waals surface area (Å²) in [6.07, 6.45) is -6.38. The number of carboxylic acid groups (broad SMARTS) is 1. The molecule has 4 aromatic rings.